The minimum Gasteiger partial charge on any atom is -0.323 e. The van der Waals surface area contributed by atoms with Gasteiger partial charge < -0.3 is 4.98 Å². The van der Waals surface area contributed by atoms with Gasteiger partial charge in [0.05, 0.1) is 5.39 Å². The minimum absolute atomic E-state index is 0.125. The van der Waals surface area contributed by atoms with Crippen LogP contribution in [0.5, 0.6) is 0 Å². The van der Waals surface area contributed by atoms with Gasteiger partial charge in [-0.15, -0.1) is 11.3 Å². The van der Waals surface area contributed by atoms with E-state index in [-0.39, 0.29) is 11.1 Å². The maximum absolute atomic E-state index is 13.0. The summed E-state index contributed by atoms with van der Waals surface area (Å²) < 4.78 is 2.42. The molecule has 20 heavy (non-hydrogen) atoms. The molecular formula is C15H18N2OS2. The average Bonchev–Trinajstić information content (AvgIpc) is 3.03. The van der Waals surface area contributed by atoms with E-state index >= 15 is 0 Å². The molecular weight excluding hydrogens is 288 g/mol. The molecule has 0 saturated heterocycles. The molecule has 2 aromatic rings. The van der Waals surface area contributed by atoms with E-state index in [4.69, 9.17) is 12.2 Å². The maximum atomic E-state index is 13.0. The van der Waals surface area contributed by atoms with Crippen LogP contribution in [0.25, 0.3) is 10.2 Å². The number of rotatable bonds is 2. The zero-order valence-corrected chi connectivity index (χ0v) is 13.4. The Hall–Kier alpha value is -0.940. The van der Waals surface area contributed by atoms with E-state index in [1.807, 2.05) is 4.57 Å². The Morgan fingerprint density at radius 3 is 2.80 bits per heavy atom. The minimum atomic E-state index is -0.174. The van der Waals surface area contributed by atoms with E-state index in [2.05, 4.69) is 18.8 Å². The number of nitrogens with one attached hydrogen (secondary N) is 1. The first-order chi connectivity index (χ1) is 9.50. The first kappa shape index (κ1) is 12.8. The molecule has 106 valence electrons. The van der Waals surface area contributed by atoms with Crippen LogP contribution in [-0.2, 0) is 18.4 Å². The van der Waals surface area contributed by atoms with Gasteiger partial charge in [-0.25, -0.2) is 0 Å². The zero-order chi connectivity index (χ0) is 14.1. The third-order valence-corrected chi connectivity index (χ3v) is 6.41. The molecule has 5 heteroatoms. The van der Waals surface area contributed by atoms with Gasteiger partial charge in [0.1, 0.15) is 4.83 Å². The van der Waals surface area contributed by atoms with Crippen LogP contribution >= 0.6 is 23.6 Å². The molecule has 1 saturated carbocycles. The predicted molar refractivity (Wildman–Crippen MR) is 85.3 cm³/mol. The smallest absolute Gasteiger partial charge is 0.263 e. The highest BCUT2D eigenvalue weighted by Gasteiger charge is 2.41. The van der Waals surface area contributed by atoms with Crippen molar-refractivity contribution < 1.29 is 0 Å². The standard InChI is InChI=1S/C15H18N2OS2/c1-15(2,8-6-7-8)17-13(18)11-9-4-3-5-10(9)20-12(11)16-14(17)19/h8H,3-7H2,1-2H3,(H,16,19). The van der Waals surface area contributed by atoms with Crippen molar-refractivity contribution in [3.8, 4) is 0 Å². The number of H-pyrrole nitrogens is 1. The second kappa shape index (κ2) is 4.04. The Morgan fingerprint density at radius 1 is 1.35 bits per heavy atom. The Morgan fingerprint density at radius 2 is 2.10 bits per heavy atom. The van der Waals surface area contributed by atoms with Crippen LogP contribution < -0.4 is 5.56 Å². The lowest BCUT2D eigenvalue weighted by molar-refractivity contribution is 0.290. The van der Waals surface area contributed by atoms with Gasteiger partial charge in [0.2, 0.25) is 0 Å². The summed E-state index contributed by atoms with van der Waals surface area (Å²) in [6.45, 7) is 4.29. The van der Waals surface area contributed by atoms with Crippen molar-refractivity contribution in [1.82, 2.24) is 9.55 Å². The molecule has 2 aliphatic carbocycles. The SMILES string of the molecule is CC(C)(C1CC1)n1c(=S)[nH]c2sc3c(c2c1=O)CCC3. The Balaban J connectivity index is 2.07. The Labute approximate surface area is 126 Å². The summed E-state index contributed by atoms with van der Waals surface area (Å²) in [5.74, 6) is 0.583. The molecule has 0 aliphatic heterocycles. The van der Waals surface area contributed by atoms with Crippen molar-refractivity contribution in [2.24, 2.45) is 5.92 Å². The Kier molecular flexibility index (Phi) is 2.58. The fourth-order valence-electron chi connectivity index (χ4n) is 3.57. The fourth-order valence-corrected chi connectivity index (χ4v) is 5.34. The molecule has 0 atom stereocenters. The summed E-state index contributed by atoms with van der Waals surface area (Å²) in [5, 5.41) is 0.907. The summed E-state index contributed by atoms with van der Waals surface area (Å²) in [5.41, 5.74) is 1.23. The number of aromatic nitrogens is 2. The molecule has 2 aromatic heterocycles. The van der Waals surface area contributed by atoms with Crippen LogP contribution in [0.15, 0.2) is 4.79 Å². The predicted octanol–water partition coefficient (Wildman–Crippen LogP) is 3.75. The van der Waals surface area contributed by atoms with E-state index in [1.165, 1.54) is 29.7 Å². The van der Waals surface area contributed by atoms with Crippen molar-refractivity contribution in [1.29, 1.82) is 0 Å². The highest BCUT2D eigenvalue weighted by molar-refractivity contribution is 7.71. The first-order valence-corrected chi connectivity index (χ1v) is 8.52. The lowest BCUT2D eigenvalue weighted by Crippen LogP contribution is -2.39. The van der Waals surface area contributed by atoms with Crippen LogP contribution in [0.4, 0.5) is 0 Å². The van der Waals surface area contributed by atoms with Crippen LogP contribution in [0.3, 0.4) is 0 Å². The summed E-state index contributed by atoms with van der Waals surface area (Å²) in [7, 11) is 0. The van der Waals surface area contributed by atoms with Gasteiger partial charge in [-0.2, -0.15) is 0 Å². The molecule has 4 rings (SSSR count). The van der Waals surface area contributed by atoms with E-state index in [1.54, 1.807) is 11.3 Å². The molecule has 0 spiro atoms. The highest BCUT2D eigenvalue weighted by atomic mass is 32.1. The van der Waals surface area contributed by atoms with E-state index in [0.717, 1.165) is 23.1 Å². The van der Waals surface area contributed by atoms with E-state index in [0.29, 0.717) is 10.7 Å². The molecule has 0 aromatic carbocycles. The van der Waals surface area contributed by atoms with Gasteiger partial charge in [0, 0.05) is 10.4 Å². The first-order valence-electron chi connectivity index (χ1n) is 7.30. The summed E-state index contributed by atoms with van der Waals surface area (Å²) in [6.07, 6.45) is 5.74. The van der Waals surface area contributed by atoms with Crippen molar-refractivity contribution in [2.45, 2.75) is 51.5 Å². The number of thiophene rings is 1. The largest absolute Gasteiger partial charge is 0.323 e. The second-order valence-corrected chi connectivity index (χ2v) is 8.05. The van der Waals surface area contributed by atoms with Gasteiger partial charge in [-0.1, -0.05) is 0 Å². The van der Waals surface area contributed by atoms with Crippen molar-refractivity contribution in [3.63, 3.8) is 0 Å². The number of aryl methyl sites for hydroxylation is 2. The van der Waals surface area contributed by atoms with Crippen molar-refractivity contribution >= 4 is 33.8 Å². The monoisotopic (exact) mass is 306 g/mol. The molecule has 1 fully saturated rings. The highest BCUT2D eigenvalue weighted by Crippen LogP contribution is 2.44. The number of hydrogen-bond donors (Lipinski definition) is 1. The Bertz CT molecular complexity index is 821. The number of aromatic amines is 1. The molecule has 0 unspecified atom stereocenters. The fraction of sp³-hybridized carbons (Fsp3) is 0.600. The lowest BCUT2D eigenvalue weighted by atomic mass is 9.98. The quantitative estimate of drug-likeness (QED) is 0.858. The number of hydrogen-bond acceptors (Lipinski definition) is 3. The van der Waals surface area contributed by atoms with E-state index < -0.39 is 0 Å². The van der Waals surface area contributed by atoms with Gasteiger partial charge in [0.15, 0.2) is 4.77 Å². The normalized spacial score (nSPS) is 18.7. The van der Waals surface area contributed by atoms with Crippen LogP contribution in [0.1, 0.15) is 43.6 Å². The summed E-state index contributed by atoms with van der Waals surface area (Å²) in [4.78, 5) is 18.7. The van der Waals surface area contributed by atoms with Crippen molar-refractivity contribution in [2.75, 3.05) is 0 Å². The topological polar surface area (TPSA) is 37.8 Å². The molecule has 0 radical (unpaired) electrons. The molecule has 2 aliphatic rings. The van der Waals surface area contributed by atoms with Gasteiger partial charge in [0.25, 0.3) is 5.56 Å². The molecule has 0 amide bonds. The molecule has 0 bridgehead atoms. The molecule has 2 heterocycles. The van der Waals surface area contributed by atoms with Gasteiger partial charge in [-0.3, -0.25) is 9.36 Å². The average molecular weight is 306 g/mol. The third-order valence-electron chi connectivity index (χ3n) is 4.91. The summed E-state index contributed by atoms with van der Waals surface area (Å²) >= 11 is 7.21. The molecule has 3 nitrogen and oxygen atoms in total. The summed E-state index contributed by atoms with van der Waals surface area (Å²) in [6, 6.07) is 0. The number of nitrogens with zero attached hydrogens (tertiary/aromatic N) is 1. The van der Waals surface area contributed by atoms with Crippen LogP contribution in [-0.4, -0.2) is 9.55 Å². The van der Waals surface area contributed by atoms with E-state index in [9.17, 15) is 4.79 Å². The van der Waals surface area contributed by atoms with Crippen LogP contribution in [0, 0.1) is 10.7 Å². The van der Waals surface area contributed by atoms with Crippen molar-refractivity contribution in [3.05, 3.63) is 25.6 Å². The van der Waals surface area contributed by atoms with Crippen LogP contribution in [0.2, 0.25) is 0 Å². The third kappa shape index (κ3) is 1.62. The lowest BCUT2D eigenvalue weighted by Gasteiger charge is -2.27. The van der Waals surface area contributed by atoms with Gasteiger partial charge in [-0.05, 0) is 69.7 Å². The zero-order valence-electron chi connectivity index (χ0n) is 11.8. The second-order valence-electron chi connectivity index (χ2n) is 6.56. The molecule has 1 N–H and O–H groups in total. The maximum Gasteiger partial charge on any atom is 0.263 e. The number of fused-ring (bicyclic) bond motifs is 3. The van der Waals surface area contributed by atoms with Gasteiger partial charge >= 0.3 is 0 Å².